The van der Waals surface area contributed by atoms with E-state index in [0.717, 1.165) is 16.9 Å². The van der Waals surface area contributed by atoms with Gasteiger partial charge in [-0.2, -0.15) is 0 Å². The van der Waals surface area contributed by atoms with Gasteiger partial charge in [-0.25, -0.2) is 0 Å². The third-order valence-corrected chi connectivity index (χ3v) is 3.46. The molecule has 1 fully saturated rings. The number of rotatable bonds is 3. The molecule has 1 aromatic rings. The van der Waals surface area contributed by atoms with Crippen LogP contribution in [0.15, 0.2) is 18.2 Å². The Morgan fingerprint density at radius 1 is 1.50 bits per heavy atom. The van der Waals surface area contributed by atoms with E-state index < -0.39 is 0 Å². The summed E-state index contributed by atoms with van der Waals surface area (Å²) in [6.45, 7) is 7.61. The first-order valence-electron chi connectivity index (χ1n) is 7.00. The molecule has 1 saturated heterocycles. The average molecular weight is 277 g/mol. The number of nitrogens with two attached hydrogens (primary N) is 1. The molecular weight excluding hydrogens is 254 g/mol. The van der Waals surface area contributed by atoms with Crippen molar-refractivity contribution in [2.24, 2.45) is 0 Å². The van der Waals surface area contributed by atoms with Crippen molar-refractivity contribution in [3.63, 3.8) is 0 Å². The van der Waals surface area contributed by atoms with Crippen LogP contribution in [0.1, 0.15) is 19.4 Å². The predicted molar refractivity (Wildman–Crippen MR) is 80.8 cm³/mol. The Labute approximate surface area is 120 Å². The number of hydrogen-bond acceptors (Lipinski definition) is 4. The minimum atomic E-state index is -0.298. The summed E-state index contributed by atoms with van der Waals surface area (Å²) in [6.07, 6.45) is 0. The van der Waals surface area contributed by atoms with E-state index in [0.29, 0.717) is 19.8 Å². The van der Waals surface area contributed by atoms with Gasteiger partial charge in [0, 0.05) is 24.0 Å². The molecule has 0 aliphatic carbocycles. The first kappa shape index (κ1) is 14.7. The van der Waals surface area contributed by atoms with E-state index >= 15 is 0 Å². The second-order valence-corrected chi connectivity index (χ2v) is 5.49. The molecule has 1 aliphatic heterocycles. The van der Waals surface area contributed by atoms with Crippen LogP contribution in [-0.4, -0.2) is 37.7 Å². The third-order valence-electron chi connectivity index (χ3n) is 3.46. The van der Waals surface area contributed by atoms with E-state index in [1.54, 1.807) is 0 Å². The van der Waals surface area contributed by atoms with Crippen LogP contribution in [0.2, 0.25) is 0 Å². The van der Waals surface area contributed by atoms with Gasteiger partial charge in [0.15, 0.2) is 0 Å². The number of ether oxygens (including phenoxy) is 1. The summed E-state index contributed by atoms with van der Waals surface area (Å²) < 4.78 is 5.46. The quantitative estimate of drug-likeness (QED) is 0.817. The number of carbonyl (C=O) groups excluding carboxylic acids is 1. The van der Waals surface area contributed by atoms with Crippen molar-refractivity contribution in [3.8, 4) is 0 Å². The number of nitrogen functional groups attached to an aromatic ring is 1. The van der Waals surface area contributed by atoms with Crippen molar-refractivity contribution in [1.82, 2.24) is 5.32 Å². The zero-order valence-corrected chi connectivity index (χ0v) is 12.3. The van der Waals surface area contributed by atoms with Crippen LogP contribution in [0.3, 0.4) is 0 Å². The Morgan fingerprint density at radius 3 is 2.90 bits per heavy atom. The summed E-state index contributed by atoms with van der Waals surface area (Å²) in [5.41, 5.74) is 8.74. The molecule has 1 unspecified atom stereocenters. The van der Waals surface area contributed by atoms with Crippen molar-refractivity contribution in [2.45, 2.75) is 32.9 Å². The lowest BCUT2D eigenvalue weighted by atomic mass is 10.1. The number of anilines is 2. The zero-order chi connectivity index (χ0) is 14.7. The molecule has 1 aliphatic rings. The number of carbonyl (C=O) groups is 1. The highest BCUT2D eigenvalue weighted by Crippen LogP contribution is 2.24. The Kier molecular flexibility index (Phi) is 4.49. The first-order valence-corrected chi connectivity index (χ1v) is 7.00. The van der Waals surface area contributed by atoms with Crippen LogP contribution in [-0.2, 0) is 9.53 Å². The van der Waals surface area contributed by atoms with Crippen LogP contribution in [0.5, 0.6) is 0 Å². The minimum absolute atomic E-state index is 0.00107. The largest absolute Gasteiger partial charge is 0.398 e. The Balaban J connectivity index is 2.21. The Morgan fingerprint density at radius 2 is 2.25 bits per heavy atom. The van der Waals surface area contributed by atoms with Gasteiger partial charge in [-0.3, -0.25) is 4.79 Å². The van der Waals surface area contributed by atoms with E-state index in [4.69, 9.17) is 10.5 Å². The molecule has 110 valence electrons. The van der Waals surface area contributed by atoms with Crippen LogP contribution in [0.25, 0.3) is 0 Å². The summed E-state index contributed by atoms with van der Waals surface area (Å²) in [7, 11) is 0. The van der Waals surface area contributed by atoms with E-state index in [2.05, 4.69) is 10.2 Å². The fraction of sp³-hybridized carbons (Fsp3) is 0.533. The summed E-state index contributed by atoms with van der Waals surface area (Å²) >= 11 is 0. The summed E-state index contributed by atoms with van der Waals surface area (Å²) in [5, 5.41) is 2.95. The SMILES string of the molecule is Cc1ccc(N2CCOCC2C(=O)NC(C)C)cc1N. The average Bonchev–Trinajstić information content (AvgIpc) is 2.41. The molecule has 0 bridgehead atoms. The molecule has 1 amide bonds. The van der Waals surface area contributed by atoms with Crippen molar-refractivity contribution < 1.29 is 9.53 Å². The second kappa shape index (κ2) is 6.13. The topological polar surface area (TPSA) is 67.6 Å². The molecule has 1 heterocycles. The van der Waals surface area contributed by atoms with Crippen LogP contribution in [0.4, 0.5) is 11.4 Å². The summed E-state index contributed by atoms with van der Waals surface area (Å²) in [4.78, 5) is 14.3. The molecule has 2 rings (SSSR count). The van der Waals surface area contributed by atoms with E-state index in [-0.39, 0.29) is 18.0 Å². The molecular formula is C15H23N3O2. The molecule has 1 atom stereocenters. The molecule has 0 radical (unpaired) electrons. The maximum atomic E-state index is 12.3. The number of morpholine rings is 1. The van der Waals surface area contributed by atoms with Crippen LogP contribution < -0.4 is 16.0 Å². The molecule has 5 nitrogen and oxygen atoms in total. The minimum Gasteiger partial charge on any atom is -0.398 e. The molecule has 1 aromatic carbocycles. The maximum Gasteiger partial charge on any atom is 0.245 e. The van der Waals surface area contributed by atoms with Crippen molar-refractivity contribution in [1.29, 1.82) is 0 Å². The van der Waals surface area contributed by atoms with Gasteiger partial charge in [0.25, 0.3) is 0 Å². The van der Waals surface area contributed by atoms with Gasteiger partial charge in [0.1, 0.15) is 6.04 Å². The van der Waals surface area contributed by atoms with Gasteiger partial charge in [-0.1, -0.05) is 6.07 Å². The maximum absolute atomic E-state index is 12.3. The summed E-state index contributed by atoms with van der Waals surface area (Å²) in [6, 6.07) is 5.74. The highest BCUT2D eigenvalue weighted by molar-refractivity contribution is 5.86. The highest BCUT2D eigenvalue weighted by atomic mass is 16.5. The molecule has 3 N–H and O–H groups in total. The van der Waals surface area contributed by atoms with Crippen molar-refractivity contribution in [3.05, 3.63) is 23.8 Å². The lowest BCUT2D eigenvalue weighted by molar-refractivity contribution is -0.125. The number of amides is 1. The van der Waals surface area contributed by atoms with Gasteiger partial charge < -0.3 is 20.7 Å². The number of hydrogen-bond donors (Lipinski definition) is 2. The first-order chi connectivity index (χ1) is 9.49. The van der Waals surface area contributed by atoms with E-state index in [1.165, 1.54) is 0 Å². The van der Waals surface area contributed by atoms with Gasteiger partial charge in [0.05, 0.1) is 13.2 Å². The fourth-order valence-corrected chi connectivity index (χ4v) is 2.32. The number of nitrogens with zero attached hydrogens (tertiary/aromatic N) is 1. The lowest BCUT2D eigenvalue weighted by Gasteiger charge is -2.36. The normalized spacial score (nSPS) is 19.2. The Bertz CT molecular complexity index is 488. The van der Waals surface area contributed by atoms with Crippen LogP contribution in [0, 0.1) is 6.92 Å². The number of aryl methyl sites for hydroxylation is 1. The lowest BCUT2D eigenvalue weighted by Crippen LogP contribution is -2.55. The van der Waals surface area contributed by atoms with Gasteiger partial charge in [0.2, 0.25) is 5.91 Å². The van der Waals surface area contributed by atoms with Crippen molar-refractivity contribution >= 4 is 17.3 Å². The molecule has 0 spiro atoms. The smallest absolute Gasteiger partial charge is 0.245 e. The molecule has 5 heteroatoms. The van der Waals surface area contributed by atoms with Crippen LogP contribution >= 0.6 is 0 Å². The zero-order valence-electron chi connectivity index (χ0n) is 12.3. The number of nitrogens with one attached hydrogen (secondary N) is 1. The Hall–Kier alpha value is -1.75. The predicted octanol–water partition coefficient (Wildman–Crippen LogP) is 1.31. The molecule has 0 aromatic heterocycles. The monoisotopic (exact) mass is 277 g/mol. The second-order valence-electron chi connectivity index (χ2n) is 5.49. The van der Waals surface area contributed by atoms with Gasteiger partial charge in [-0.05, 0) is 38.5 Å². The highest BCUT2D eigenvalue weighted by Gasteiger charge is 2.30. The van der Waals surface area contributed by atoms with E-state index in [9.17, 15) is 4.79 Å². The standard InChI is InChI=1S/C15H23N3O2/c1-10(2)17-15(19)14-9-20-7-6-18(14)12-5-4-11(3)13(16)8-12/h4-5,8,10,14H,6-7,9,16H2,1-3H3,(H,17,19). The molecule has 20 heavy (non-hydrogen) atoms. The van der Waals surface area contributed by atoms with Gasteiger partial charge in [-0.15, -0.1) is 0 Å². The number of benzene rings is 1. The van der Waals surface area contributed by atoms with Crippen molar-refractivity contribution in [2.75, 3.05) is 30.4 Å². The molecule has 0 saturated carbocycles. The summed E-state index contributed by atoms with van der Waals surface area (Å²) in [5.74, 6) is -0.00107. The fourth-order valence-electron chi connectivity index (χ4n) is 2.32. The third kappa shape index (κ3) is 3.22. The van der Waals surface area contributed by atoms with Gasteiger partial charge >= 0.3 is 0 Å². The van der Waals surface area contributed by atoms with E-state index in [1.807, 2.05) is 39.0 Å².